The van der Waals surface area contributed by atoms with Crippen LogP contribution < -0.4 is 9.04 Å². The molecule has 0 heterocycles. The molecule has 2 rings (SSSR count). The Hall–Kier alpha value is -1.83. The van der Waals surface area contributed by atoms with Crippen LogP contribution in [0.2, 0.25) is 5.02 Å². The minimum Gasteiger partial charge on any atom is -0.495 e. The molecule has 0 radical (unpaired) electrons. The van der Waals surface area contributed by atoms with Crippen LogP contribution in [-0.2, 0) is 14.8 Å². The molecular weight excluding hydrogens is 380 g/mol. The first kappa shape index (κ1) is 18.5. The number of carbonyl (C=O) groups excluding carboxylic acids is 1. The number of halogens is 3. The average molecular weight is 392 g/mol. The van der Waals surface area contributed by atoms with Crippen LogP contribution in [0.1, 0.15) is 0 Å². The molecule has 0 N–H and O–H groups in total. The van der Waals surface area contributed by atoms with Crippen LogP contribution in [0.25, 0.3) is 0 Å². The van der Waals surface area contributed by atoms with Crippen molar-refractivity contribution in [2.24, 2.45) is 0 Å². The van der Waals surface area contributed by atoms with Crippen LogP contribution in [0.15, 0.2) is 47.4 Å². The largest absolute Gasteiger partial charge is 0.495 e. The number of carbonyl (C=O) groups is 1. The lowest BCUT2D eigenvalue weighted by Gasteiger charge is -2.24. The second kappa shape index (κ2) is 7.38. The maximum absolute atomic E-state index is 13.1. The van der Waals surface area contributed by atoms with Gasteiger partial charge in [0.15, 0.2) is 0 Å². The first-order valence-corrected chi connectivity index (χ1v) is 8.75. The highest BCUT2D eigenvalue weighted by Gasteiger charge is 2.29. The fourth-order valence-electron chi connectivity index (χ4n) is 2.00. The van der Waals surface area contributed by atoms with E-state index in [1.165, 1.54) is 25.3 Å². The van der Waals surface area contributed by atoms with E-state index in [1.54, 1.807) is 0 Å². The summed E-state index contributed by atoms with van der Waals surface area (Å²) >= 11 is 11.3. The molecule has 2 aromatic carbocycles. The van der Waals surface area contributed by atoms with Crippen LogP contribution in [0.4, 0.5) is 10.1 Å². The van der Waals surface area contributed by atoms with E-state index in [9.17, 15) is 17.6 Å². The van der Waals surface area contributed by atoms with Gasteiger partial charge in [-0.25, -0.2) is 12.8 Å². The number of hydrogen-bond acceptors (Lipinski definition) is 4. The summed E-state index contributed by atoms with van der Waals surface area (Å²) in [6.45, 7) is -0.641. The highest BCUT2D eigenvalue weighted by molar-refractivity contribution is 7.92. The third-order valence-corrected chi connectivity index (χ3v) is 5.21. The van der Waals surface area contributed by atoms with Crippen LogP contribution in [0.5, 0.6) is 5.75 Å². The number of sulfonamides is 1. The number of benzene rings is 2. The minimum absolute atomic E-state index is 0.0447. The van der Waals surface area contributed by atoms with Crippen LogP contribution >= 0.6 is 23.2 Å². The molecule has 0 amide bonds. The van der Waals surface area contributed by atoms with Gasteiger partial charge in [-0.15, -0.1) is 0 Å². The molecule has 0 unspecified atom stereocenters. The van der Waals surface area contributed by atoms with Crippen molar-refractivity contribution in [1.82, 2.24) is 0 Å². The van der Waals surface area contributed by atoms with Crippen molar-refractivity contribution in [1.29, 1.82) is 0 Å². The monoisotopic (exact) mass is 391 g/mol. The molecule has 128 valence electrons. The smallest absolute Gasteiger partial charge is 0.264 e. The summed E-state index contributed by atoms with van der Waals surface area (Å²) in [5.41, 5.74) is 0.0447. The van der Waals surface area contributed by atoms with E-state index in [1.807, 2.05) is 0 Å². The summed E-state index contributed by atoms with van der Waals surface area (Å²) in [4.78, 5) is 11.2. The first-order valence-electron chi connectivity index (χ1n) is 6.56. The third kappa shape index (κ3) is 3.98. The molecule has 0 aliphatic carbocycles. The lowest BCUT2D eigenvalue weighted by atomic mass is 10.3. The van der Waals surface area contributed by atoms with Crippen molar-refractivity contribution >= 4 is 44.2 Å². The Morgan fingerprint density at radius 3 is 2.38 bits per heavy atom. The van der Waals surface area contributed by atoms with Crippen molar-refractivity contribution < 1.29 is 22.3 Å². The highest BCUT2D eigenvalue weighted by Crippen LogP contribution is 2.34. The zero-order valence-electron chi connectivity index (χ0n) is 12.4. The molecule has 9 heteroatoms. The van der Waals surface area contributed by atoms with Gasteiger partial charge in [0.1, 0.15) is 18.1 Å². The zero-order chi connectivity index (χ0) is 17.9. The van der Waals surface area contributed by atoms with Gasteiger partial charge in [0.25, 0.3) is 10.0 Å². The van der Waals surface area contributed by atoms with Gasteiger partial charge >= 0.3 is 0 Å². The second-order valence-corrected chi connectivity index (χ2v) is 7.36. The molecule has 0 atom stereocenters. The zero-order valence-corrected chi connectivity index (χ0v) is 14.7. The first-order chi connectivity index (χ1) is 11.3. The van der Waals surface area contributed by atoms with Gasteiger partial charge in [-0.1, -0.05) is 11.6 Å². The lowest BCUT2D eigenvalue weighted by Crippen LogP contribution is -2.34. The van der Waals surface area contributed by atoms with Gasteiger partial charge in [0.2, 0.25) is 5.24 Å². The molecule has 0 bridgehead atoms. The Morgan fingerprint density at radius 2 is 1.83 bits per heavy atom. The van der Waals surface area contributed by atoms with Crippen LogP contribution in [-0.4, -0.2) is 27.3 Å². The molecule has 0 saturated carbocycles. The lowest BCUT2D eigenvalue weighted by molar-refractivity contribution is -0.110. The maximum Gasteiger partial charge on any atom is 0.264 e. The van der Waals surface area contributed by atoms with Gasteiger partial charge in [0, 0.05) is 5.02 Å². The molecule has 0 spiro atoms. The van der Waals surface area contributed by atoms with E-state index in [4.69, 9.17) is 27.9 Å². The van der Waals surface area contributed by atoms with Crippen molar-refractivity contribution in [2.75, 3.05) is 18.0 Å². The quantitative estimate of drug-likeness (QED) is 0.707. The van der Waals surface area contributed by atoms with Crippen LogP contribution in [0, 0.1) is 5.82 Å². The molecule has 0 aliphatic heterocycles. The van der Waals surface area contributed by atoms with Gasteiger partial charge in [-0.05, 0) is 54.1 Å². The maximum atomic E-state index is 13.1. The van der Waals surface area contributed by atoms with Crippen LogP contribution in [0.3, 0.4) is 0 Å². The third-order valence-electron chi connectivity index (χ3n) is 3.08. The normalized spacial score (nSPS) is 11.2. The van der Waals surface area contributed by atoms with E-state index in [0.29, 0.717) is 0 Å². The summed E-state index contributed by atoms with van der Waals surface area (Å²) < 4.78 is 44.7. The summed E-state index contributed by atoms with van der Waals surface area (Å²) in [5, 5.41) is -0.658. The molecule has 24 heavy (non-hydrogen) atoms. The summed E-state index contributed by atoms with van der Waals surface area (Å²) in [5.74, 6) is -0.405. The highest BCUT2D eigenvalue weighted by atomic mass is 35.5. The molecule has 0 aliphatic rings. The SMILES string of the molecule is COc1ccc(Cl)cc1N(CC(=O)Cl)S(=O)(=O)c1ccc(F)cc1. The number of hydrogen-bond donors (Lipinski definition) is 0. The summed E-state index contributed by atoms with van der Waals surface area (Å²) in [6.07, 6.45) is 0. The van der Waals surface area contributed by atoms with Crippen molar-refractivity contribution in [3.8, 4) is 5.75 Å². The second-order valence-electron chi connectivity index (χ2n) is 4.64. The fourth-order valence-corrected chi connectivity index (χ4v) is 3.78. The van der Waals surface area contributed by atoms with E-state index in [0.717, 1.165) is 28.6 Å². The average Bonchev–Trinajstić information content (AvgIpc) is 2.52. The van der Waals surface area contributed by atoms with E-state index >= 15 is 0 Å². The molecule has 0 saturated heterocycles. The topological polar surface area (TPSA) is 63.7 Å². The Kier molecular flexibility index (Phi) is 5.69. The molecular formula is C15H12Cl2FNO4S. The van der Waals surface area contributed by atoms with Gasteiger partial charge in [-0.2, -0.15) is 0 Å². The molecule has 2 aromatic rings. The van der Waals surface area contributed by atoms with Gasteiger partial charge in [0.05, 0.1) is 17.7 Å². The standard InChI is InChI=1S/C15H12Cl2FNO4S/c1-23-14-7-2-10(16)8-13(14)19(9-15(17)20)24(21,22)12-5-3-11(18)4-6-12/h2-8H,9H2,1H3. The van der Waals surface area contributed by atoms with Crippen molar-refractivity contribution in [2.45, 2.75) is 4.90 Å². The molecule has 0 fully saturated rings. The van der Waals surface area contributed by atoms with Crippen molar-refractivity contribution in [3.63, 3.8) is 0 Å². The van der Waals surface area contributed by atoms with E-state index in [2.05, 4.69) is 0 Å². The number of anilines is 1. The van der Waals surface area contributed by atoms with Crippen molar-refractivity contribution in [3.05, 3.63) is 53.3 Å². The molecule has 0 aromatic heterocycles. The number of ether oxygens (including phenoxy) is 1. The van der Waals surface area contributed by atoms with Gasteiger partial charge < -0.3 is 4.74 Å². The molecule has 5 nitrogen and oxygen atoms in total. The van der Waals surface area contributed by atoms with E-state index < -0.39 is 27.6 Å². The predicted molar refractivity (Wildman–Crippen MR) is 89.8 cm³/mol. The van der Waals surface area contributed by atoms with E-state index in [-0.39, 0.29) is 21.4 Å². The minimum atomic E-state index is -4.19. The Balaban J connectivity index is 2.63. The summed E-state index contributed by atoms with van der Waals surface area (Å²) in [7, 11) is -2.85. The number of rotatable bonds is 6. The summed E-state index contributed by atoms with van der Waals surface area (Å²) in [6, 6.07) is 8.49. The fraction of sp³-hybridized carbons (Fsp3) is 0.133. The number of methoxy groups -OCH3 is 1. The Labute approximate surface area is 148 Å². The Bertz CT molecular complexity index is 856. The van der Waals surface area contributed by atoms with Gasteiger partial charge in [-0.3, -0.25) is 9.10 Å². The Morgan fingerprint density at radius 1 is 1.21 bits per heavy atom. The number of nitrogens with zero attached hydrogens (tertiary/aromatic N) is 1. The predicted octanol–water partition coefficient (Wildman–Crippen LogP) is 3.45.